The van der Waals surface area contributed by atoms with Crippen LogP contribution >= 0.6 is 0 Å². The number of aromatic hydroxyl groups is 1. The van der Waals surface area contributed by atoms with Crippen molar-refractivity contribution in [3.05, 3.63) is 29.3 Å². The van der Waals surface area contributed by atoms with Crippen molar-refractivity contribution in [2.75, 3.05) is 0 Å². The average molecular weight is 249 g/mol. The summed E-state index contributed by atoms with van der Waals surface area (Å²) in [6, 6.07) is 6.42. The lowest BCUT2D eigenvalue weighted by Gasteiger charge is -2.15. The first-order chi connectivity index (χ1) is 8.50. The highest BCUT2D eigenvalue weighted by Crippen LogP contribution is 2.21. The summed E-state index contributed by atoms with van der Waals surface area (Å²) in [5.74, 6) is 1.22. The molecule has 0 aliphatic heterocycles. The Kier molecular flexibility index (Phi) is 6.20. The summed E-state index contributed by atoms with van der Waals surface area (Å²) >= 11 is 0. The Morgan fingerprint density at radius 2 is 1.89 bits per heavy atom. The molecule has 2 N–H and O–H groups in total. The van der Waals surface area contributed by atoms with Gasteiger partial charge in [-0.25, -0.2) is 0 Å². The van der Waals surface area contributed by atoms with Crippen LogP contribution in [0.15, 0.2) is 18.2 Å². The molecule has 0 fully saturated rings. The lowest BCUT2D eigenvalue weighted by molar-refractivity contribution is 0.438. The molecule has 2 nitrogen and oxygen atoms in total. The van der Waals surface area contributed by atoms with Gasteiger partial charge < -0.3 is 10.4 Å². The fourth-order valence-corrected chi connectivity index (χ4v) is 2.08. The molecule has 0 aromatic heterocycles. The normalized spacial score (nSPS) is 12.9. The van der Waals surface area contributed by atoms with Crippen LogP contribution in [0.3, 0.4) is 0 Å². The van der Waals surface area contributed by atoms with E-state index in [0.29, 0.717) is 11.8 Å². The maximum Gasteiger partial charge on any atom is 0.122 e. The third-order valence-corrected chi connectivity index (χ3v) is 3.38. The summed E-state index contributed by atoms with van der Waals surface area (Å²) in [7, 11) is 0. The molecule has 2 heteroatoms. The van der Waals surface area contributed by atoms with Gasteiger partial charge in [0.1, 0.15) is 5.75 Å². The molecule has 1 aromatic rings. The maximum atomic E-state index is 9.92. The monoisotopic (exact) mass is 249 g/mol. The van der Waals surface area contributed by atoms with E-state index in [1.54, 1.807) is 0 Å². The smallest absolute Gasteiger partial charge is 0.122 e. The Morgan fingerprint density at radius 3 is 2.56 bits per heavy atom. The molecular weight excluding hydrogens is 222 g/mol. The van der Waals surface area contributed by atoms with Crippen LogP contribution in [-0.4, -0.2) is 11.1 Å². The molecule has 0 spiro atoms. The standard InChI is InChI=1S/C16H27NO/c1-12(2)7-5-9-14(4)17-11-15-10-6-8-13(3)16(15)18/h6,8,10,12,14,17-18H,5,7,9,11H2,1-4H3. The van der Waals surface area contributed by atoms with Gasteiger partial charge >= 0.3 is 0 Å². The SMILES string of the molecule is Cc1cccc(CNC(C)CCCC(C)C)c1O. The highest BCUT2D eigenvalue weighted by molar-refractivity contribution is 5.39. The Labute approximate surface area is 111 Å². The number of hydrogen-bond acceptors (Lipinski definition) is 2. The molecule has 1 aromatic carbocycles. The van der Waals surface area contributed by atoms with Crippen molar-refractivity contribution in [2.45, 2.75) is 59.5 Å². The molecule has 0 saturated heterocycles. The molecular formula is C16H27NO. The van der Waals surface area contributed by atoms with Crippen LogP contribution in [0.4, 0.5) is 0 Å². The van der Waals surface area contributed by atoms with Crippen molar-refractivity contribution in [2.24, 2.45) is 5.92 Å². The van der Waals surface area contributed by atoms with Crippen LogP contribution in [0.1, 0.15) is 51.2 Å². The van der Waals surface area contributed by atoms with Crippen molar-refractivity contribution in [3.8, 4) is 5.75 Å². The summed E-state index contributed by atoms with van der Waals surface area (Å²) in [6.45, 7) is 9.43. The molecule has 102 valence electrons. The van der Waals surface area contributed by atoms with Crippen LogP contribution in [0.5, 0.6) is 5.75 Å². The zero-order valence-electron chi connectivity index (χ0n) is 12.2. The topological polar surface area (TPSA) is 32.3 Å². The molecule has 0 saturated carbocycles. The second kappa shape index (κ2) is 7.42. The van der Waals surface area contributed by atoms with Gasteiger partial charge in [-0.2, -0.15) is 0 Å². The zero-order valence-corrected chi connectivity index (χ0v) is 12.2. The summed E-state index contributed by atoms with van der Waals surface area (Å²) in [6.07, 6.45) is 3.76. The zero-order chi connectivity index (χ0) is 13.5. The molecule has 0 bridgehead atoms. The van der Waals surface area contributed by atoms with E-state index in [4.69, 9.17) is 0 Å². The minimum atomic E-state index is 0.430. The van der Waals surface area contributed by atoms with E-state index >= 15 is 0 Å². The first kappa shape index (κ1) is 15.0. The first-order valence-corrected chi connectivity index (χ1v) is 7.01. The van der Waals surface area contributed by atoms with E-state index < -0.39 is 0 Å². The Hall–Kier alpha value is -1.02. The van der Waals surface area contributed by atoms with Gasteiger partial charge in [0.15, 0.2) is 0 Å². The first-order valence-electron chi connectivity index (χ1n) is 7.01. The number of phenolic OH excluding ortho intramolecular Hbond substituents is 1. The second-order valence-electron chi connectivity index (χ2n) is 5.69. The highest BCUT2D eigenvalue weighted by Gasteiger charge is 2.06. The number of para-hydroxylation sites is 1. The molecule has 1 rings (SSSR count). The number of benzene rings is 1. The van der Waals surface area contributed by atoms with Gasteiger partial charge in [-0.05, 0) is 31.7 Å². The summed E-state index contributed by atoms with van der Waals surface area (Å²) in [5, 5.41) is 13.4. The molecule has 18 heavy (non-hydrogen) atoms. The third kappa shape index (κ3) is 5.09. The van der Waals surface area contributed by atoms with Gasteiger partial charge in [-0.3, -0.25) is 0 Å². The molecule has 0 aliphatic carbocycles. The highest BCUT2D eigenvalue weighted by atomic mass is 16.3. The van der Waals surface area contributed by atoms with Crippen LogP contribution in [0.2, 0.25) is 0 Å². The van der Waals surface area contributed by atoms with Crippen LogP contribution in [0, 0.1) is 12.8 Å². The van der Waals surface area contributed by atoms with E-state index in [0.717, 1.165) is 23.6 Å². The van der Waals surface area contributed by atoms with Crippen molar-refractivity contribution in [3.63, 3.8) is 0 Å². The molecule has 1 atom stereocenters. The van der Waals surface area contributed by atoms with E-state index in [1.165, 1.54) is 19.3 Å². The van der Waals surface area contributed by atoms with Gasteiger partial charge in [-0.15, -0.1) is 0 Å². The van der Waals surface area contributed by atoms with Crippen LogP contribution in [-0.2, 0) is 6.54 Å². The molecule has 0 amide bonds. The number of rotatable bonds is 7. The Morgan fingerprint density at radius 1 is 1.17 bits per heavy atom. The van der Waals surface area contributed by atoms with E-state index in [2.05, 4.69) is 26.1 Å². The van der Waals surface area contributed by atoms with Gasteiger partial charge in [0.25, 0.3) is 0 Å². The molecule has 1 unspecified atom stereocenters. The van der Waals surface area contributed by atoms with Gasteiger partial charge in [0.05, 0.1) is 0 Å². The minimum absolute atomic E-state index is 0.430. The van der Waals surface area contributed by atoms with E-state index in [1.807, 2.05) is 25.1 Å². The van der Waals surface area contributed by atoms with E-state index in [9.17, 15) is 5.11 Å². The fraction of sp³-hybridized carbons (Fsp3) is 0.625. The molecule has 0 heterocycles. The lowest BCUT2D eigenvalue weighted by atomic mass is 10.0. The van der Waals surface area contributed by atoms with Crippen molar-refractivity contribution >= 4 is 0 Å². The Balaban J connectivity index is 2.33. The number of hydrogen-bond donors (Lipinski definition) is 2. The van der Waals surface area contributed by atoms with Crippen LogP contribution < -0.4 is 5.32 Å². The second-order valence-corrected chi connectivity index (χ2v) is 5.69. The molecule has 0 radical (unpaired) electrons. The quantitative estimate of drug-likeness (QED) is 0.765. The lowest BCUT2D eigenvalue weighted by Crippen LogP contribution is -2.25. The minimum Gasteiger partial charge on any atom is -0.507 e. The number of nitrogens with one attached hydrogen (secondary N) is 1. The fourth-order valence-electron chi connectivity index (χ4n) is 2.08. The molecule has 0 aliphatic rings. The predicted molar refractivity (Wildman–Crippen MR) is 77.8 cm³/mol. The van der Waals surface area contributed by atoms with Gasteiger partial charge in [-0.1, -0.05) is 44.9 Å². The summed E-state index contributed by atoms with van der Waals surface area (Å²) in [5.41, 5.74) is 1.94. The Bertz CT molecular complexity index is 360. The number of phenols is 1. The average Bonchev–Trinajstić information content (AvgIpc) is 2.30. The van der Waals surface area contributed by atoms with Crippen LogP contribution in [0.25, 0.3) is 0 Å². The summed E-state index contributed by atoms with van der Waals surface area (Å²) in [4.78, 5) is 0. The van der Waals surface area contributed by atoms with E-state index in [-0.39, 0.29) is 0 Å². The van der Waals surface area contributed by atoms with Crippen molar-refractivity contribution in [1.82, 2.24) is 5.32 Å². The van der Waals surface area contributed by atoms with Gasteiger partial charge in [0.2, 0.25) is 0 Å². The predicted octanol–water partition coefficient (Wildman–Crippen LogP) is 4.01. The maximum absolute atomic E-state index is 9.92. The summed E-state index contributed by atoms with van der Waals surface area (Å²) < 4.78 is 0. The van der Waals surface area contributed by atoms with Crippen molar-refractivity contribution < 1.29 is 5.11 Å². The third-order valence-electron chi connectivity index (χ3n) is 3.38. The number of aryl methyl sites for hydroxylation is 1. The van der Waals surface area contributed by atoms with Crippen molar-refractivity contribution in [1.29, 1.82) is 0 Å². The largest absolute Gasteiger partial charge is 0.507 e. The van der Waals surface area contributed by atoms with Gasteiger partial charge in [0, 0.05) is 18.2 Å².